The summed E-state index contributed by atoms with van der Waals surface area (Å²) in [5, 5.41) is 16.2. The van der Waals surface area contributed by atoms with Gasteiger partial charge in [-0.3, -0.25) is 20.2 Å². The molecule has 0 fully saturated rings. The lowest BCUT2D eigenvalue weighted by Crippen LogP contribution is -2.34. The highest BCUT2D eigenvalue weighted by molar-refractivity contribution is 7.80. The lowest BCUT2D eigenvalue weighted by Gasteiger charge is -2.12. The second kappa shape index (κ2) is 7.51. The second-order valence-electron chi connectivity index (χ2n) is 4.92. The maximum absolute atomic E-state index is 12.1. The number of rotatable bonds is 4. The highest BCUT2D eigenvalue weighted by atomic mass is 32.1. The summed E-state index contributed by atoms with van der Waals surface area (Å²) >= 11 is 5.10. The lowest BCUT2D eigenvalue weighted by molar-refractivity contribution is -0.384. The van der Waals surface area contributed by atoms with Crippen LogP contribution in [0.5, 0.6) is 5.75 Å². The zero-order valence-corrected chi connectivity index (χ0v) is 13.8. The molecule has 8 heteroatoms. The summed E-state index contributed by atoms with van der Waals surface area (Å²) in [6, 6.07) is 11.1. The fraction of sp³-hybridized carbons (Fsp3) is 0.125. The fourth-order valence-electron chi connectivity index (χ4n) is 2.01. The van der Waals surface area contributed by atoms with E-state index in [1.165, 1.54) is 25.3 Å². The minimum absolute atomic E-state index is 0.0636. The molecule has 0 spiro atoms. The van der Waals surface area contributed by atoms with Crippen molar-refractivity contribution in [3.05, 3.63) is 63.7 Å². The number of anilines is 1. The molecule has 0 saturated heterocycles. The zero-order valence-electron chi connectivity index (χ0n) is 13.0. The molecule has 0 bridgehead atoms. The highest BCUT2D eigenvalue weighted by Gasteiger charge is 2.13. The number of hydrogen-bond acceptors (Lipinski definition) is 5. The molecular formula is C16H15N3O4S. The number of carbonyl (C=O) groups excluding carboxylic acids is 1. The first-order valence-electron chi connectivity index (χ1n) is 6.92. The molecular weight excluding hydrogens is 330 g/mol. The Labute approximate surface area is 143 Å². The third kappa shape index (κ3) is 4.26. The van der Waals surface area contributed by atoms with Gasteiger partial charge in [0.2, 0.25) is 0 Å². The van der Waals surface area contributed by atoms with Gasteiger partial charge in [-0.15, -0.1) is 0 Å². The number of hydrogen-bond donors (Lipinski definition) is 2. The fourth-order valence-corrected chi connectivity index (χ4v) is 2.21. The zero-order chi connectivity index (χ0) is 17.7. The minimum Gasteiger partial charge on any atom is -0.494 e. The number of ether oxygens (including phenoxy) is 1. The summed E-state index contributed by atoms with van der Waals surface area (Å²) in [6.07, 6.45) is 0. The molecule has 124 valence electrons. The van der Waals surface area contributed by atoms with Gasteiger partial charge in [-0.05, 0) is 37.3 Å². The first-order valence-corrected chi connectivity index (χ1v) is 7.33. The first kappa shape index (κ1) is 17.4. The molecule has 0 radical (unpaired) electrons. The second-order valence-corrected chi connectivity index (χ2v) is 5.33. The van der Waals surface area contributed by atoms with Crippen LogP contribution in [0, 0.1) is 17.0 Å². The molecule has 2 aromatic carbocycles. The van der Waals surface area contributed by atoms with E-state index in [2.05, 4.69) is 10.6 Å². The molecule has 2 N–H and O–H groups in total. The Morgan fingerprint density at radius 1 is 1.25 bits per heavy atom. The number of nitro benzene ring substituents is 1. The molecule has 2 aromatic rings. The van der Waals surface area contributed by atoms with E-state index in [-0.39, 0.29) is 22.5 Å². The molecule has 0 heterocycles. The van der Waals surface area contributed by atoms with Crippen LogP contribution in [-0.4, -0.2) is 23.1 Å². The van der Waals surface area contributed by atoms with Crippen LogP contribution in [0.2, 0.25) is 0 Å². The SMILES string of the molecule is COc1cc([N+](=O)[O-])ccc1NC(=S)NC(=O)c1cccc(C)c1. The maximum atomic E-state index is 12.1. The van der Waals surface area contributed by atoms with Gasteiger partial charge in [0.15, 0.2) is 5.11 Å². The Morgan fingerprint density at radius 3 is 2.62 bits per heavy atom. The van der Waals surface area contributed by atoms with E-state index in [1.54, 1.807) is 18.2 Å². The highest BCUT2D eigenvalue weighted by Crippen LogP contribution is 2.28. The number of thiocarbonyl (C=S) groups is 1. The van der Waals surface area contributed by atoms with Gasteiger partial charge in [0.1, 0.15) is 5.75 Å². The Balaban J connectivity index is 2.09. The molecule has 7 nitrogen and oxygen atoms in total. The van der Waals surface area contributed by atoms with Crippen molar-refractivity contribution in [1.82, 2.24) is 5.32 Å². The van der Waals surface area contributed by atoms with Gasteiger partial charge in [0.05, 0.1) is 23.8 Å². The van der Waals surface area contributed by atoms with Crippen LogP contribution < -0.4 is 15.4 Å². The standard InChI is InChI=1S/C16H15N3O4S/c1-10-4-3-5-11(8-10)15(20)18-16(24)17-13-7-6-12(19(21)22)9-14(13)23-2/h3-9H,1-2H3,(H2,17,18,20,24). The average Bonchev–Trinajstić information content (AvgIpc) is 2.54. The predicted octanol–water partition coefficient (Wildman–Crippen LogP) is 3.04. The third-order valence-electron chi connectivity index (χ3n) is 3.15. The van der Waals surface area contributed by atoms with Crippen molar-refractivity contribution in [3.8, 4) is 5.75 Å². The van der Waals surface area contributed by atoms with Crippen molar-refractivity contribution >= 4 is 34.6 Å². The summed E-state index contributed by atoms with van der Waals surface area (Å²) in [5.41, 5.74) is 1.75. The van der Waals surface area contributed by atoms with Crippen LogP contribution in [0.3, 0.4) is 0 Å². The monoisotopic (exact) mass is 345 g/mol. The van der Waals surface area contributed by atoms with Crippen molar-refractivity contribution in [1.29, 1.82) is 0 Å². The topological polar surface area (TPSA) is 93.5 Å². The van der Waals surface area contributed by atoms with E-state index in [4.69, 9.17) is 17.0 Å². The van der Waals surface area contributed by atoms with Crippen LogP contribution >= 0.6 is 12.2 Å². The molecule has 0 aliphatic heterocycles. The number of benzene rings is 2. The summed E-state index contributed by atoms with van der Waals surface area (Å²) in [6.45, 7) is 1.88. The van der Waals surface area contributed by atoms with E-state index >= 15 is 0 Å². The van der Waals surface area contributed by atoms with Crippen molar-refractivity contribution in [2.45, 2.75) is 6.92 Å². The molecule has 0 aromatic heterocycles. The Hall–Kier alpha value is -3.00. The smallest absolute Gasteiger partial charge is 0.273 e. The summed E-state index contributed by atoms with van der Waals surface area (Å²) < 4.78 is 5.10. The summed E-state index contributed by atoms with van der Waals surface area (Å²) in [4.78, 5) is 22.4. The van der Waals surface area contributed by atoms with Gasteiger partial charge in [0.25, 0.3) is 11.6 Å². The minimum atomic E-state index is -0.524. The molecule has 2 rings (SSSR count). The van der Waals surface area contributed by atoms with E-state index < -0.39 is 4.92 Å². The number of nitrogens with zero attached hydrogens (tertiary/aromatic N) is 1. The van der Waals surface area contributed by atoms with Gasteiger partial charge in [-0.1, -0.05) is 17.7 Å². The quantitative estimate of drug-likeness (QED) is 0.502. The largest absolute Gasteiger partial charge is 0.494 e. The van der Waals surface area contributed by atoms with Gasteiger partial charge < -0.3 is 10.1 Å². The van der Waals surface area contributed by atoms with E-state index in [0.29, 0.717) is 11.3 Å². The lowest BCUT2D eigenvalue weighted by atomic mass is 10.1. The summed E-state index contributed by atoms with van der Waals surface area (Å²) in [7, 11) is 1.39. The van der Waals surface area contributed by atoms with Gasteiger partial charge in [0, 0.05) is 11.6 Å². The van der Waals surface area contributed by atoms with Crippen molar-refractivity contribution < 1.29 is 14.5 Å². The number of nitrogens with one attached hydrogen (secondary N) is 2. The number of amides is 1. The van der Waals surface area contributed by atoms with Crippen LogP contribution in [0.25, 0.3) is 0 Å². The Bertz CT molecular complexity index is 808. The van der Waals surface area contributed by atoms with Gasteiger partial charge >= 0.3 is 0 Å². The van der Waals surface area contributed by atoms with E-state index in [0.717, 1.165) is 5.56 Å². The van der Waals surface area contributed by atoms with Crippen LogP contribution in [0.4, 0.5) is 11.4 Å². The van der Waals surface area contributed by atoms with Crippen LogP contribution in [0.1, 0.15) is 15.9 Å². The van der Waals surface area contributed by atoms with Crippen molar-refractivity contribution in [2.75, 3.05) is 12.4 Å². The number of nitro groups is 1. The third-order valence-corrected chi connectivity index (χ3v) is 3.36. The molecule has 0 saturated carbocycles. The predicted molar refractivity (Wildman–Crippen MR) is 94.5 cm³/mol. The van der Waals surface area contributed by atoms with Crippen LogP contribution in [0.15, 0.2) is 42.5 Å². The molecule has 24 heavy (non-hydrogen) atoms. The Kier molecular flexibility index (Phi) is 5.43. The van der Waals surface area contributed by atoms with Crippen molar-refractivity contribution in [2.24, 2.45) is 0 Å². The molecule has 0 unspecified atom stereocenters. The van der Waals surface area contributed by atoms with E-state index in [9.17, 15) is 14.9 Å². The normalized spacial score (nSPS) is 9.92. The number of non-ortho nitro benzene ring substituents is 1. The molecule has 1 amide bonds. The molecule has 0 aliphatic rings. The van der Waals surface area contributed by atoms with Gasteiger partial charge in [-0.2, -0.15) is 0 Å². The Morgan fingerprint density at radius 2 is 2.00 bits per heavy atom. The van der Waals surface area contributed by atoms with Crippen molar-refractivity contribution in [3.63, 3.8) is 0 Å². The number of methoxy groups -OCH3 is 1. The summed E-state index contributed by atoms with van der Waals surface area (Å²) in [5.74, 6) is -0.103. The van der Waals surface area contributed by atoms with E-state index in [1.807, 2.05) is 13.0 Å². The average molecular weight is 345 g/mol. The number of carbonyl (C=O) groups is 1. The van der Waals surface area contributed by atoms with Crippen LogP contribution in [-0.2, 0) is 0 Å². The molecule has 0 aliphatic carbocycles. The maximum Gasteiger partial charge on any atom is 0.273 e. The molecule has 0 atom stereocenters. The number of aryl methyl sites for hydroxylation is 1. The first-order chi connectivity index (χ1) is 11.4. The van der Waals surface area contributed by atoms with Gasteiger partial charge in [-0.25, -0.2) is 0 Å².